The smallest absolute Gasteiger partial charge is 0.161 e. The van der Waals surface area contributed by atoms with Crippen molar-refractivity contribution >= 4 is 0 Å². The number of benzene rings is 1. The largest absolute Gasteiger partial charge is 0.486 e. The van der Waals surface area contributed by atoms with E-state index in [1.807, 2.05) is 24.3 Å². The third-order valence-corrected chi connectivity index (χ3v) is 4.06. The maximum atomic E-state index is 5.97. The van der Waals surface area contributed by atoms with Crippen LogP contribution in [0, 0.1) is 0 Å². The summed E-state index contributed by atoms with van der Waals surface area (Å²) in [6, 6.07) is 8.58. The Morgan fingerprint density at radius 1 is 1.00 bits per heavy atom. The number of ether oxygens (including phenoxy) is 2. The fourth-order valence-electron chi connectivity index (χ4n) is 2.95. The van der Waals surface area contributed by atoms with Gasteiger partial charge in [-0.05, 0) is 25.0 Å². The molecule has 1 N–H and O–H groups in total. The molecule has 1 unspecified atom stereocenters. The second-order valence-corrected chi connectivity index (χ2v) is 5.59. The van der Waals surface area contributed by atoms with Crippen molar-refractivity contribution in [1.82, 2.24) is 5.32 Å². The van der Waals surface area contributed by atoms with Gasteiger partial charge >= 0.3 is 0 Å². The van der Waals surface area contributed by atoms with E-state index in [-0.39, 0.29) is 6.10 Å². The van der Waals surface area contributed by atoms with Gasteiger partial charge in [-0.1, -0.05) is 37.8 Å². The second-order valence-electron chi connectivity index (χ2n) is 5.59. The first-order valence-corrected chi connectivity index (χ1v) is 7.54. The van der Waals surface area contributed by atoms with Gasteiger partial charge in [0.2, 0.25) is 0 Å². The molecule has 1 heterocycles. The molecule has 0 spiro atoms. The van der Waals surface area contributed by atoms with Gasteiger partial charge in [0.15, 0.2) is 11.5 Å². The van der Waals surface area contributed by atoms with E-state index in [0.29, 0.717) is 12.6 Å². The molecule has 3 nitrogen and oxygen atoms in total. The minimum atomic E-state index is 0.137. The summed E-state index contributed by atoms with van der Waals surface area (Å²) in [4.78, 5) is 0. The normalized spacial score (nSPS) is 23.9. The first-order chi connectivity index (χ1) is 9.42. The fourth-order valence-corrected chi connectivity index (χ4v) is 2.95. The maximum Gasteiger partial charge on any atom is 0.161 e. The van der Waals surface area contributed by atoms with Crippen LogP contribution >= 0.6 is 0 Å². The lowest BCUT2D eigenvalue weighted by Gasteiger charge is -2.28. The molecule has 1 aromatic carbocycles. The third kappa shape index (κ3) is 3.41. The minimum Gasteiger partial charge on any atom is -0.486 e. The van der Waals surface area contributed by atoms with Crippen molar-refractivity contribution in [2.24, 2.45) is 0 Å². The van der Waals surface area contributed by atoms with Crippen LogP contribution in [0.15, 0.2) is 24.3 Å². The van der Waals surface area contributed by atoms with Crippen molar-refractivity contribution in [3.63, 3.8) is 0 Å². The molecule has 1 aliphatic heterocycles. The van der Waals surface area contributed by atoms with Crippen molar-refractivity contribution < 1.29 is 9.47 Å². The zero-order valence-electron chi connectivity index (χ0n) is 11.4. The highest BCUT2D eigenvalue weighted by molar-refractivity contribution is 5.40. The number of nitrogens with one attached hydrogen (secondary N) is 1. The molecule has 19 heavy (non-hydrogen) atoms. The molecule has 3 rings (SSSR count). The molecule has 1 saturated carbocycles. The second kappa shape index (κ2) is 6.29. The summed E-state index contributed by atoms with van der Waals surface area (Å²) < 4.78 is 11.7. The Kier molecular flexibility index (Phi) is 4.23. The molecule has 0 amide bonds. The Morgan fingerprint density at radius 2 is 1.74 bits per heavy atom. The zero-order valence-corrected chi connectivity index (χ0v) is 11.4. The lowest BCUT2D eigenvalue weighted by Crippen LogP contribution is -2.42. The Labute approximate surface area is 115 Å². The summed E-state index contributed by atoms with van der Waals surface area (Å²) >= 11 is 0. The van der Waals surface area contributed by atoms with E-state index in [9.17, 15) is 0 Å². The van der Waals surface area contributed by atoms with Gasteiger partial charge in [0.1, 0.15) is 12.7 Å². The van der Waals surface area contributed by atoms with Crippen LogP contribution in [-0.4, -0.2) is 25.3 Å². The standard InChI is InChI=1S/C16H23NO2/c1-2-4-8-13(7-3-1)17-11-14-12-18-15-9-5-6-10-16(15)19-14/h5-6,9-10,13-14,17H,1-4,7-8,11-12H2. The summed E-state index contributed by atoms with van der Waals surface area (Å²) in [5.74, 6) is 1.75. The molecule has 2 aliphatic rings. The van der Waals surface area contributed by atoms with Crippen molar-refractivity contribution in [2.75, 3.05) is 13.2 Å². The zero-order chi connectivity index (χ0) is 12.9. The van der Waals surface area contributed by atoms with Crippen molar-refractivity contribution in [3.8, 4) is 11.5 Å². The van der Waals surface area contributed by atoms with Gasteiger partial charge in [0.25, 0.3) is 0 Å². The lowest BCUT2D eigenvalue weighted by molar-refractivity contribution is 0.0876. The maximum absolute atomic E-state index is 5.97. The van der Waals surface area contributed by atoms with Gasteiger partial charge < -0.3 is 14.8 Å². The van der Waals surface area contributed by atoms with Gasteiger partial charge in [-0.2, -0.15) is 0 Å². The number of hydrogen-bond acceptors (Lipinski definition) is 3. The molecule has 0 bridgehead atoms. The highest BCUT2D eigenvalue weighted by Crippen LogP contribution is 2.30. The van der Waals surface area contributed by atoms with Gasteiger partial charge in [-0.15, -0.1) is 0 Å². The minimum absolute atomic E-state index is 0.137. The van der Waals surface area contributed by atoms with Gasteiger partial charge in [-0.25, -0.2) is 0 Å². The quantitative estimate of drug-likeness (QED) is 0.848. The van der Waals surface area contributed by atoms with Crippen LogP contribution in [-0.2, 0) is 0 Å². The first kappa shape index (κ1) is 12.8. The van der Waals surface area contributed by atoms with E-state index < -0.39 is 0 Å². The number of fused-ring (bicyclic) bond motifs is 1. The van der Waals surface area contributed by atoms with Crippen LogP contribution in [0.25, 0.3) is 0 Å². The highest BCUT2D eigenvalue weighted by atomic mass is 16.6. The Bertz CT molecular complexity index is 399. The third-order valence-electron chi connectivity index (χ3n) is 4.06. The molecule has 1 aliphatic carbocycles. The summed E-state index contributed by atoms with van der Waals surface area (Å²) in [6.45, 7) is 1.54. The highest BCUT2D eigenvalue weighted by Gasteiger charge is 2.21. The van der Waals surface area contributed by atoms with Crippen LogP contribution in [0.1, 0.15) is 38.5 Å². The van der Waals surface area contributed by atoms with Crippen molar-refractivity contribution in [1.29, 1.82) is 0 Å². The van der Waals surface area contributed by atoms with Crippen molar-refractivity contribution in [3.05, 3.63) is 24.3 Å². The average Bonchev–Trinajstić information content (AvgIpc) is 2.73. The van der Waals surface area contributed by atoms with Crippen LogP contribution in [0.5, 0.6) is 11.5 Å². The van der Waals surface area contributed by atoms with Gasteiger partial charge in [-0.3, -0.25) is 0 Å². The molecule has 1 fully saturated rings. The average molecular weight is 261 g/mol. The van der Waals surface area contributed by atoms with E-state index in [1.54, 1.807) is 0 Å². The monoisotopic (exact) mass is 261 g/mol. The summed E-state index contributed by atoms with van der Waals surface area (Å²) in [6.07, 6.45) is 8.28. The van der Waals surface area contributed by atoms with Crippen LogP contribution in [0.4, 0.5) is 0 Å². The fraction of sp³-hybridized carbons (Fsp3) is 0.625. The molecule has 0 radical (unpaired) electrons. The van der Waals surface area contributed by atoms with Crippen LogP contribution in [0.2, 0.25) is 0 Å². The predicted molar refractivity (Wildman–Crippen MR) is 75.8 cm³/mol. The van der Waals surface area contributed by atoms with Crippen LogP contribution < -0.4 is 14.8 Å². The van der Waals surface area contributed by atoms with Crippen molar-refractivity contribution in [2.45, 2.75) is 50.7 Å². The molecular weight excluding hydrogens is 238 g/mol. The molecule has 0 aromatic heterocycles. The van der Waals surface area contributed by atoms with Gasteiger partial charge in [0.05, 0.1) is 0 Å². The molecule has 1 atom stereocenters. The number of hydrogen-bond donors (Lipinski definition) is 1. The summed E-state index contributed by atoms with van der Waals surface area (Å²) in [7, 11) is 0. The molecule has 0 saturated heterocycles. The molecule has 104 valence electrons. The summed E-state index contributed by atoms with van der Waals surface area (Å²) in [5.41, 5.74) is 0. The number of rotatable bonds is 3. The van der Waals surface area contributed by atoms with E-state index in [1.165, 1.54) is 38.5 Å². The van der Waals surface area contributed by atoms with E-state index in [2.05, 4.69) is 5.32 Å². The Morgan fingerprint density at radius 3 is 2.53 bits per heavy atom. The molecular formula is C16H23NO2. The summed E-state index contributed by atoms with van der Waals surface area (Å²) in [5, 5.41) is 3.66. The SMILES string of the molecule is c1ccc2c(c1)OCC(CNC1CCCCCC1)O2. The van der Waals surface area contributed by atoms with Crippen LogP contribution in [0.3, 0.4) is 0 Å². The first-order valence-electron chi connectivity index (χ1n) is 7.54. The van der Waals surface area contributed by atoms with Gasteiger partial charge in [0, 0.05) is 12.6 Å². The van der Waals surface area contributed by atoms with E-state index in [4.69, 9.17) is 9.47 Å². The Balaban J connectivity index is 1.49. The van der Waals surface area contributed by atoms with E-state index >= 15 is 0 Å². The number of para-hydroxylation sites is 2. The topological polar surface area (TPSA) is 30.5 Å². The Hall–Kier alpha value is -1.22. The van der Waals surface area contributed by atoms with E-state index in [0.717, 1.165) is 18.0 Å². The molecule has 1 aromatic rings. The lowest BCUT2D eigenvalue weighted by atomic mass is 10.1. The molecule has 3 heteroatoms. The predicted octanol–water partition coefficient (Wildman–Crippen LogP) is 3.14.